The molecule has 2 aromatic heterocycles. The van der Waals surface area contributed by atoms with Crippen molar-refractivity contribution in [1.29, 1.82) is 0 Å². The monoisotopic (exact) mass is 352 g/mol. The van der Waals surface area contributed by atoms with E-state index in [2.05, 4.69) is 10.3 Å². The van der Waals surface area contributed by atoms with Crippen LogP contribution in [0.3, 0.4) is 0 Å². The van der Waals surface area contributed by atoms with Crippen molar-refractivity contribution in [3.05, 3.63) is 84.1 Å². The van der Waals surface area contributed by atoms with Gasteiger partial charge in [-0.05, 0) is 29.3 Å². The number of nitrogens with zero attached hydrogens (tertiary/aromatic N) is 2. The number of benzene rings is 1. The van der Waals surface area contributed by atoms with Crippen LogP contribution >= 0.6 is 0 Å². The maximum absolute atomic E-state index is 14.2. The Morgan fingerprint density at radius 1 is 1.27 bits per heavy atom. The Balaban J connectivity index is 1.67. The number of hydrogen-bond donors (Lipinski definition) is 3. The summed E-state index contributed by atoms with van der Waals surface area (Å²) in [5.74, 6) is -1.16. The molecule has 1 amide bonds. The lowest BCUT2D eigenvalue weighted by Gasteiger charge is -2.06. The van der Waals surface area contributed by atoms with Gasteiger partial charge < -0.3 is 9.88 Å². The van der Waals surface area contributed by atoms with Crippen LogP contribution in [0.1, 0.15) is 11.1 Å². The van der Waals surface area contributed by atoms with Crippen LogP contribution in [0.15, 0.2) is 67.1 Å². The van der Waals surface area contributed by atoms with Gasteiger partial charge in [-0.3, -0.25) is 10.0 Å². The van der Waals surface area contributed by atoms with E-state index < -0.39 is 11.7 Å². The van der Waals surface area contributed by atoms with Crippen LogP contribution in [0.25, 0.3) is 6.08 Å². The molecule has 132 valence electrons. The van der Waals surface area contributed by atoms with Crippen LogP contribution in [0.4, 0.5) is 15.9 Å². The van der Waals surface area contributed by atoms with Crippen molar-refractivity contribution < 1.29 is 14.4 Å². The lowest BCUT2D eigenvalue weighted by Crippen LogP contribution is -2.14. The standard InChI is InChI=1S/C19H17FN4O2/c20-17-10-15(6-7-18(25)23-26)11-21-19(17)22-16-8-9-24(13-16)12-14-4-2-1-3-5-14/h1-11,13,26H,12H2,(H,21,22)(H,23,25). The molecule has 1 aromatic carbocycles. The fourth-order valence-corrected chi connectivity index (χ4v) is 2.39. The molecular formula is C19H17FN4O2. The van der Waals surface area contributed by atoms with Crippen molar-refractivity contribution in [3.63, 3.8) is 0 Å². The molecule has 0 radical (unpaired) electrons. The molecule has 0 saturated heterocycles. The van der Waals surface area contributed by atoms with E-state index in [9.17, 15) is 9.18 Å². The van der Waals surface area contributed by atoms with Crippen LogP contribution in [0, 0.1) is 5.82 Å². The highest BCUT2D eigenvalue weighted by Gasteiger charge is 2.06. The lowest BCUT2D eigenvalue weighted by molar-refractivity contribution is -0.124. The number of nitrogens with one attached hydrogen (secondary N) is 2. The molecule has 0 aliphatic carbocycles. The second kappa shape index (κ2) is 8.09. The smallest absolute Gasteiger partial charge is 0.267 e. The zero-order valence-corrected chi connectivity index (χ0v) is 13.8. The van der Waals surface area contributed by atoms with Gasteiger partial charge in [0.05, 0.1) is 5.69 Å². The third kappa shape index (κ3) is 4.55. The zero-order valence-electron chi connectivity index (χ0n) is 13.8. The normalized spacial score (nSPS) is 10.8. The minimum Gasteiger partial charge on any atom is -0.348 e. The third-order valence-corrected chi connectivity index (χ3v) is 3.62. The second-order valence-electron chi connectivity index (χ2n) is 5.59. The number of carbonyl (C=O) groups excluding carboxylic acids is 1. The van der Waals surface area contributed by atoms with Gasteiger partial charge in [0.15, 0.2) is 11.6 Å². The number of hydroxylamine groups is 1. The zero-order chi connectivity index (χ0) is 18.4. The Hall–Kier alpha value is -3.45. The van der Waals surface area contributed by atoms with Crippen LogP contribution in [0.2, 0.25) is 0 Å². The highest BCUT2D eigenvalue weighted by molar-refractivity contribution is 5.90. The summed E-state index contributed by atoms with van der Waals surface area (Å²) in [6, 6.07) is 13.1. The predicted molar refractivity (Wildman–Crippen MR) is 96.4 cm³/mol. The van der Waals surface area contributed by atoms with Gasteiger partial charge in [0.1, 0.15) is 0 Å². The Morgan fingerprint density at radius 3 is 2.81 bits per heavy atom. The molecule has 3 aromatic rings. The number of rotatable bonds is 6. The molecule has 0 aliphatic heterocycles. The summed E-state index contributed by atoms with van der Waals surface area (Å²) in [5.41, 5.74) is 3.75. The number of pyridine rings is 1. The lowest BCUT2D eigenvalue weighted by atomic mass is 10.2. The quantitative estimate of drug-likeness (QED) is 0.361. The van der Waals surface area contributed by atoms with Crippen molar-refractivity contribution in [2.45, 2.75) is 6.54 Å². The maximum Gasteiger partial charge on any atom is 0.267 e. The molecule has 0 atom stereocenters. The number of anilines is 2. The maximum atomic E-state index is 14.2. The first-order valence-electron chi connectivity index (χ1n) is 7.88. The number of amides is 1. The summed E-state index contributed by atoms with van der Waals surface area (Å²) in [5, 5.41) is 11.3. The summed E-state index contributed by atoms with van der Waals surface area (Å²) in [6.07, 6.45) is 7.62. The highest BCUT2D eigenvalue weighted by atomic mass is 19.1. The van der Waals surface area contributed by atoms with Gasteiger partial charge in [-0.1, -0.05) is 30.3 Å². The molecule has 0 unspecified atom stereocenters. The fraction of sp³-hybridized carbons (Fsp3) is 0.0526. The van der Waals surface area contributed by atoms with E-state index in [0.29, 0.717) is 5.56 Å². The summed E-state index contributed by atoms with van der Waals surface area (Å²) in [7, 11) is 0. The minimum atomic E-state index is -0.702. The SMILES string of the molecule is O=C(C=Cc1cnc(Nc2ccn(Cc3ccccc3)c2)c(F)c1)NO. The Morgan fingerprint density at radius 2 is 2.08 bits per heavy atom. The van der Waals surface area contributed by atoms with Gasteiger partial charge in [0.2, 0.25) is 0 Å². The largest absolute Gasteiger partial charge is 0.348 e. The molecule has 0 aliphatic rings. The van der Waals surface area contributed by atoms with Crippen molar-refractivity contribution in [2.24, 2.45) is 0 Å². The van der Waals surface area contributed by atoms with Gasteiger partial charge in [-0.15, -0.1) is 0 Å². The molecule has 0 saturated carbocycles. The van der Waals surface area contributed by atoms with Crippen molar-refractivity contribution in [1.82, 2.24) is 15.0 Å². The molecule has 2 heterocycles. The minimum absolute atomic E-state index is 0.0891. The summed E-state index contributed by atoms with van der Waals surface area (Å²) in [6.45, 7) is 0.717. The molecule has 0 spiro atoms. The number of aromatic nitrogens is 2. The van der Waals surface area contributed by atoms with E-state index in [1.54, 1.807) is 0 Å². The third-order valence-electron chi connectivity index (χ3n) is 3.62. The van der Waals surface area contributed by atoms with Crippen LogP contribution < -0.4 is 10.8 Å². The summed E-state index contributed by atoms with van der Waals surface area (Å²) < 4.78 is 16.2. The number of hydrogen-bond acceptors (Lipinski definition) is 4. The molecule has 26 heavy (non-hydrogen) atoms. The van der Waals surface area contributed by atoms with E-state index in [1.807, 2.05) is 53.4 Å². The first-order chi connectivity index (χ1) is 12.6. The molecule has 6 nitrogen and oxygen atoms in total. The van der Waals surface area contributed by atoms with Crippen LogP contribution in [-0.4, -0.2) is 20.7 Å². The first kappa shape index (κ1) is 17.4. The second-order valence-corrected chi connectivity index (χ2v) is 5.59. The topological polar surface area (TPSA) is 79.2 Å². The highest BCUT2D eigenvalue weighted by Crippen LogP contribution is 2.19. The van der Waals surface area contributed by atoms with Gasteiger partial charge in [0.25, 0.3) is 5.91 Å². The van der Waals surface area contributed by atoms with Crippen molar-refractivity contribution in [3.8, 4) is 0 Å². The van der Waals surface area contributed by atoms with Crippen molar-refractivity contribution >= 4 is 23.5 Å². The average molecular weight is 352 g/mol. The van der Waals surface area contributed by atoms with Gasteiger partial charge in [-0.25, -0.2) is 14.9 Å². The predicted octanol–water partition coefficient (Wildman–Crippen LogP) is 3.33. The van der Waals surface area contributed by atoms with Gasteiger partial charge in [0, 0.05) is 31.2 Å². The van der Waals surface area contributed by atoms with Gasteiger partial charge in [-0.2, -0.15) is 0 Å². The Labute approximate surface area is 149 Å². The first-order valence-corrected chi connectivity index (χ1v) is 7.88. The molecule has 3 rings (SSSR count). The molecule has 7 heteroatoms. The van der Waals surface area contributed by atoms with Crippen molar-refractivity contribution in [2.75, 3.05) is 5.32 Å². The van der Waals surface area contributed by atoms with Gasteiger partial charge >= 0.3 is 0 Å². The molecular weight excluding hydrogens is 335 g/mol. The Kier molecular flexibility index (Phi) is 5.40. The number of carbonyl (C=O) groups is 1. The molecule has 3 N–H and O–H groups in total. The average Bonchev–Trinajstić information content (AvgIpc) is 3.09. The van der Waals surface area contributed by atoms with E-state index >= 15 is 0 Å². The number of halogens is 1. The van der Waals surface area contributed by atoms with Crippen LogP contribution in [0.5, 0.6) is 0 Å². The summed E-state index contributed by atoms with van der Waals surface area (Å²) in [4.78, 5) is 15.0. The van der Waals surface area contributed by atoms with E-state index in [0.717, 1.165) is 18.3 Å². The Bertz CT molecular complexity index is 922. The molecule has 0 bridgehead atoms. The fourth-order valence-electron chi connectivity index (χ4n) is 2.39. The molecule has 0 fully saturated rings. The van der Waals surface area contributed by atoms with Crippen LogP contribution in [-0.2, 0) is 11.3 Å². The van der Waals surface area contributed by atoms with E-state index in [-0.39, 0.29) is 5.82 Å². The summed E-state index contributed by atoms with van der Waals surface area (Å²) >= 11 is 0. The van der Waals surface area contributed by atoms with E-state index in [4.69, 9.17) is 5.21 Å². The van der Waals surface area contributed by atoms with E-state index in [1.165, 1.54) is 29.4 Å².